The summed E-state index contributed by atoms with van der Waals surface area (Å²) < 4.78 is 0. The van der Waals surface area contributed by atoms with Crippen LogP contribution in [0.25, 0.3) is 0 Å². The van der Waals surface area contributed by atoms with Crippen LogP contribution in [0.5, 0.6) is 0 Å². The van der Waals surface area contributed by atoms with Crippen molar-refractivity contribution in [3.63, 3.8) is 0 Å². The third-order valence-corrected chi connectivity index (χ3v) is 15.8. The summed E-state index contributed by atoms with van der Waals surface area (Å²) in [6, 6.07) is -0.649. The molecule has 78 heavy (non-hydrogen) atoms. The quantitative estimate of drug-likeness (QED) is 0.0420. The summed E-state index contributed by atoms with van der Waals surface area (Å²) in [4.78, 5) is 12.5. The molecule has 4 heteroatoms. The standard InChI is InChI=1S/C74H135NO3/c1-3-5-7-9-11-13-15-17-19-21-23-25-27-29-31-33-34-35-36-37-38-39-40-42-44-46-48-50-52-54-56-58-60-62-64-66-68-70-74(78)75-72(71-76)73(77)69-67-65-63-61-59-57-55-53-51-49-47-45-43-41-32-30-28-26-24-22-20-18-16-14-12-10-8-6-4-2/h5,7,11,13,17,19,23,25,51,53,59,61,67,69,72-73,76-77H,3-4,6,8-10,12,14-16,18,20-22,24,26-50,52,54-58,60,62-66,68,70-71H2,1-2H3,(H,75,78)/b7-5-,13-11-,19-17-,25-23-,53-51+,61-59+,69-67+. The molecule has 2 atom stereocenters. The minimum absolute atomic E-state index is 0.0729. The molecule has 0 aromatic carbocycles. The molecule has 0 saturated heterocycles. The Kier molecular flexibility index (Phi) is 66.7. The van der Waals surface area contributed by atoms with Crippen LogP contribution in [0, 0.1) is 0 Å². The number of hydrogen-bond donors (Lipinski definition) is 3. The predicted octanol–water partition coefficient (Wildman–Crippen LogP) is 23.8. The van der Waals surface area contributed by atoms with E-state index < -0.39 is 12.1 Å². The van der Waals surface area contributed by atoms with Gasteiger partial charge < -0.3 is 15.5 Å². The fourth-order valence-corrected chi connectivity index (χ4v) is 10.6. The van der Waals surface area contributed by atoms with Crippen LogP contribution in [0.15, 0.2) is 85.1 Å². The molecule has 0 spiro atoms. The highest BCUT2D eigenvalue weighted by atomic mass is 16.3. The zero-order chi connectivity index (χ0) is 56.2. The number of hydrogen-bond acceptors (Lipinski definition) is 3. The van der Waals surface area contributed by atoms with Gasteiger partial charge in [-0.15, -0.1) is 0 Å². The van der Waals surface area contributed by atoms with Gasteiger partial charge in [0.25, 0.3) is 0 Å². The van der Waals surface area contributed by atoms with Gasteiger partial charge in [0.05, 0.1) is 18.8 Å². The van der Waals surface area contributed by atoms with Crippen LogP contribution < -0.4 is 5.32 Å². The Bertz CT molecular complexity index is 1370. The lowest BCUT2D eigenvalue weighted by molar-refractivity contribution is -0.123. The SMILES string of the molecule is CC/C=C\C/C=C\C/C=C\C/C=C\CCCCCCCCCCCCCCCCCCCCCCCCCCC(=O)NC(CO)C(O)/C=C/CC/C=C/CC/C=C/CCCCCCCCCCCCCCCCCCCCC. The van der Waals surface area contributed by atoms with Crippen LogP contribution in [0.1, 0.15) is 361 Å². The molecule has 0 aromatic rings. The van der Waals surface area contributed by atoms with Crippen LogP contribution in [0.2, 0.25) is 0 Å². The van der Waals surface area contributed by atoms with Gasteiger partial charge >= 0.3 is 0 Å². The number of carbonyl (C=O) groups is 1. The summed E-state index contributed by atoms with van der Waals surface area (Å²) in [5.74, 6) is -0.0729. The zero-order valence-electron chi connectivity index (χ0n) is 52.4. The third kappa shape index (κ3) is 64.4. The number of aliphatic hydroxyl groups excluding tert-OH is 2. The van der Waals surface area contributed by atoms with E-state index in [4.69, 9.17) is 0 Å². The molecule has 0 radical (unpaired) electrons. The van der Waals surface area contributed by atoms with Gasteiger partial charge in [-0.2, -0.15) is 0 Å². The van der Waals surface area contributed by atoms with E-state index in [-0.39, 0.29) is 12.5 Å². The molecular weight excluding hydrogens is 951 g/mol. The number of nitrogens with one attached hydrogen (secondary N) is 1. The Morgan fingerprint density at radius 2 is 0.577 bits per heavy atom. The van der Waals surface area contributed by atoms with Gasteiger partial charge in [-0.1, -0.05) is 356 Å². The number of amides is 1. The molecule has 3 N–H and O–H groups in total. The number of rotatable bonds is 64. The molecule has 2 unspecified atom stereocenters. The topological polar surface area (TPSA) is 69.6 Å². The van der Waals surface area contributed by atoms with Gasteiger partial charge in [-0.25, -0.2) is 0 Å². The van der Waals surface area contributed by atoms with Crippen LogP contribution >= 0.6 is 0 Å². The number of carbonyl (C=O) groups excluding carboxylic acids is 1. The molecule has 1 amide bonds. The van der Waals surface area contributed by atoms with Gasteiger partial charge in [0.2, 0.25) is 5.91 Å². The van der Waals surface area contributed by atoms with E-state index in [9.17, 15) is 15.0 Å². The largest absolute Gasteiger partial charge is 0.394 e. The Balaban J connectivity index is 3.48. The maximum atomic E-state index is 12.5. The van der Waals surface area contributed by atoms with Gasteiger partial charge in [-0.3, -0.25) is 4.79 Å². The van der Waals surface area contributed by atoms with Crippen molar-refractivity contribution in [2.24, 2.45) is 0 Å². The predicted molar refractivity (Wildman–Crippen MR) is 350 cm³/mol. The van der Waals surface area contributed by atoms with E-state index in [1.165, 1.54) is 276 Å². The number of aliphatic hydroxyl groups is 2. The third-order valence-electron chi connectivity index (χ3n) is 15.8. The van der Waals surface area contributed by atoms with Crippen molar-refractivity contribution in [3.05, 3.63) is 85.1 Å². The lowest BCUT2D eigenvalue weighted by Gasteiger charge is -2.19. The first-order valence-electron chi connectivity index (χ1n) is 34.8. The lowest BCUT2D eigenvalue weighted by atomic mass is 10.0. The first-order chi connectivity index (χ1) is 38.7. The van der Waals surface area contributed by atoms with E-state index >= 15 is 0 Å². The molecule has 0 aliphatic rings. The fraction of sp³-hybridized carbons (Fsp3) is 0.797. The molecule has 0 aliphatic carbocycles. The maximum absolute atomic E-state index is 12.5. The second-order valence-electron chi connectivity index (χ2n) is 23.6. The smallest absolute Gasteiger partial charge is 0.220 e. The molecule has 0 aromatic heterocycles. The Morgan fingerprint density at radius 1 is 0.321 bits per heavy atom. The maximum Gasteiger partial charge on any atom is 0.220 e. The summed E-state index contributed by atoms with van der Waals surface area (Å²) in [6.45, 7) is 4.21. The summed E-state index contributed by atoms with van der Waals surface area (Å²) in [5, 5.41) is 23.3. The van der Waals surface area contributed by atoms with Gasteiger partial charge in [0.15, 0.2) is 0 Å². The van der Waals surface area contributed by atoms with Crippen molar-refractivity contribution < 1.29 is 15.0 Å². The normalized spacial score (nSPS) is 13.2. The molecular formula is C74H135NO3. The second kappa shape index (κ2) is 68.8. The summed E-state index contributed by atoms with van der Waals surface area (Å²) in [5.41, 5.74) is 0. The van der Waals surface area contributed by atoms with Gasteiger partial charge in [-0.05, 0) is 83.5 Å². The average Bonchev–Trinajstić information content (AvgIpc) is 3.44. The minimum atomic E-state index is -0.874. The van der Waals surface area contributed by atoms with E-state index in [2.05, 4.69) is 92.1 Å². The molecule has 0 heterocycles. The molecule has 0 aliphatic heterocycles. The minimum Gasteiger partial charge on any atom is -0.394 e. The Labute approximate surface area is 488 Å². The van der Waals surface area contributed by atoms with Crippen LogP contribution in [-0.2, 0) is 4.79 Å². The molecule has 0 rings (SSSR count). The van der Waals surface area contributed by atoms with Crippen LogP contribution in [0.3, 0.4) is 0 Å². The first kappa shape index (κ1) is 75.6. The zero-order valence-corrected chi connectivity index (χ0v) is 52.4. The Hall–Kier alpha value is -2.43. The molecule has 0 saturated carbocycles. The van der Waals surface area contributed by atoms with E-state index in [0.29, 0.717) is 6.42 Å². The van der Waals surface area contributed by atoms with Crippen molar-refractivity contribution in [2.75, 3.05) is 6.61 Å². The summed E-state index contributed by atoms with van der Waals surface area (Å²) >= 11 is 0. The van der Waals surface area contributed by atoms with Crippen molar-refractivity contribution in [2.45, 2.75) is 373 Å². The van der Waals surface area contributed by atoms with Crippen LogP contribution in [0.4, 0.5) is 0 Å². The highest BCUT2D eigenvalue weighted by Crippen LogP contribution is 2.18. The molecule has 0 fully saturated rings. The highest BCUT2D eigenvalue weighted by Gasteiger charge is 2.18. The van der Waals surface area contributed by atoms with Crippen molar-refractivity contribution in [1.29, 1.82) is 0 Å². The average molecular weight is 1090 g/mol. The summed E-state index contributed by atoms with van der Waals surface area (Å²) in [7, 11) is 0. The monoisotopic (exact) mass is 1090 g/mol. The first-order valence-corrected chi connectivity index (χ1v) is 34.8. The second-order valence-corrected chi connectivity index (χ2v) is 23.6. The summed E-state index contributed by atoms with van der Waals surface area (Å²) in [6.07, 6.45) is 101. The number of allylic oxidation sites excluding steroid dienone is 13. The van der Waals surface area contributed by atoms with Crippen molar-refractivity contribution in [1.82, 2.24) is 5.32 Å². The van der Waals surface area contributed by atoms with Crippen molar-refractivity contribution >= 4 is 5.91 Å². The molecule has 0 bridgehead atoms. The Morgan fingerprint density at radius 3 is 0.897 bits per heavy atom. The van der Waals surface area contributed by atoms with Crippen molar-refractivity contribution in [3.8, 4) is 0 Å². The van der Waals surface area contributed by atoms with Gasteiger partial charge in [0.1, 0.15) is 0 Å². The van der Waals surface area contributed by atoms with E-state index in [1.807, 2.05) is 6.08 Å². The lowest BCUT2D eigenvalue weighted by Crippen LogP contribution is -2.45. The van der Waals surface area contributed by atoms with Crippen LogP contribution in [-0.4, -0.2) is 34.9 Å². The molecule has 4 nitrogen and oxygen atoms in total. The number of unbranched alkanes of at least 4 members (excludes halogenated alkanes) is 45. The highest BCUT2D eigenvalue weighted by molar-refractivity contribution is 5.76. The van der Waals surface area contributed by atoms with E-state index in [1.54, 1.807) is 6.08 Å². The molecule has 454 valence electrons. The van der Waals surface area contributed by atoms with Gasteiger partial charge in [0, 0.05) is 6.42 Å². The van der Waals surface area contributed by atoms with E-state index in [0.717, 1.165) is 64.2 Å². The fourth-order valence-electron chi connectivity index (χ4n) is 10.6.